The Balaban J connectivity index is 2.11. The molecule has 0 bridgehead atoms. The average molecular weight is 440 g/mol. The van der Waals surface area contributed by atoms with Crippen molar-refractivity contribution in [3.8, 4) is 0 Å². The molecule has 8 nitrogen and oxygen atoms in total. The van der Waals surface area contributed by atoms with Crippen LogP contribution in [0.25, 0.3) is 0 Å². The van der Waals surface area contributed by atoms with Crippen LogP contribution in [0, 0.1) is 0 Å². The topological polar surface area (TPSA) is 133 Å². The number of nitrogens with zero attached hydrogens (tertiary/aromatic N) is 1. The number of amides is 1. The van der Waals surface area contributed by atoms with Gasteiger partial charge < -0.3 is 20.8 Å². The van der Waals surface area contributed by atoms with Crippen molar-refractivity contribution >= 4 is 29.4 Å². The number of hydrogen-bond acceptors (Lipinski definition) is 5. The van der Waals surface area contributed by atoms with Gasteiger partial charge in [0.05, 0.1) is 6.04 Å². The first-order chi connectivity index (χ1) is 14.3. The minimum absolute atomic E-state index is 0.252. The van der Waals surface area contributed by atoms with Crippen LogP contribution in [0.15, 0.2) is 24.3 Å². The van der Waals surface area contributed by atoms with Gasteiger partial charge in [0, 0.05) is 11.6 Å². The third-order valence-electron chi connectivity index (χ3n) is 5.43. The number of benzene rings is 1. The van der Waals surface area contributed by atoms with Gasteiger partial charge in [-0.15, -0.1) is 0 Å². The van der Waals surface area contributed by atoms with Crippen LogP contribution in [0.5, 0.6) is 0 Å². The third kappa shape index (κ3) is 6.68. The van der Waals surface area contributed by atoms with E-state index in [1.165, 1.54) is 4.90 Å². The number of nitrogens with one attached hydrogen (secondary N) is 1. The summed E-state index contributed by atoms with van der Waals surface area (Å²) in [5.41, 5.74) is 6.39. The zero-order chi connectivity index (χ0) is 22.1. The maximum Gasteiger partial charge on any atom is 0.326 e. The molecule has 0 aromatic heterocycles. The number of carbonyl (C=O) groups is 3. The first kappa shape index (κ1) is 24.1. The van der Waals surface area contributed by atoms with Crippen LogP contribution in [0.2, 0.25) is 5.02 Å². The minimum Gasteiger partial charge on any atom is -0.480 e. The normalized spacial score (nSPS) is 18.2. The molecule has 1 amide bonds. The highest BCUT2D eigenvalue weighted by Gasteiger charge is 2.38. The third-order valence-corrected chi connectivity index (χ3v) is 5.80. The predicted octanol–water partition coefficient (Wildman–Crippen LogP) is 1.89. The molecule has 0 radical (unpaired) electrons. The molecule has 1 aromatic rings. The maximum atomic E-state index is 13.1. The van der Waals surface area contributed by atoms with E-state index in [9.17, 15) is 24.6 Å². The van der Waals surface area contributed by atoms with E-state index >= 15 is 0 Å². The van der Waals surface area contributed by atoms with E-state index in [4.69, 9.17) is 17.3 Å². The Hall–Kier alpha value is -2.16. The zero-order valence-electron chi connectivity index (χ0n) is 16.9. The summed E-state index contributed by atoms with van der Waals surface area (Å²) in [7, 11) is 0. The predicted molar refractivity (Wildman–Crippen MR) is 113 cm³/mol. The molecule has 1 fully saturated rings. The van der Waals surface area contributed by atoms with Crippen molar-refractivity contribution in [3.05, 3.63) is 34.9 Å². The maximum absolute atomic E-state index is 13.1. The SMILES string of the molecule is NCCCC[C@H](NC(CCc1ccccc1Cl)C(=O)O)C(=O)N1CCC[C@H]1C(=O)O. The van der Waals surface area contributed by atoms with Crippen LogP contribution in [0.1, 0.15) is 44.1 Å². The van der Waals surface area contributed by atoms with Crippen molar-refractivity contribution in [3.63, 3.8) is 0 Å². The fraction of sp³-hybridized carbons (Fsp3) is 0.571. The second-order valence-electron chi connectivity index (χ2n) is 7.55. The van der Waals surface area contributed by atoms with E-state index in [-0.39, 0.29) is 12.3 Å². The van der Waals surface area contributed by atoms with E-state index in [1.54, 1.807) is 12.1 Å². The summed E-state index contributed by atoms with van der Waals surface area (Å²) in [4.78, 5) is 37.8. The van der Waals surface area contributed by atoms with E-state index in [0.717, 1.165) is 5.56 Å². The molecule has 1 saturated heterocycles. The number of carboxylic acid groups (broad SMARTS) is 2. The van der Waals surface area contributed by atoms with Crippen LogP contribution in [0.3, 0.4) is 0 Å². The van der Waals surface area contributed by atoms with Gasteiger partial charge in [0.2, 0.25) is 5.91 Å². The molecule has 0 spiro atoms. The summed E-state index contributed by atoms with van der Waals surface area (Å²) in [6.07, 6.45) is 3.46. The minimum atomic E-state index is -1.06. The number of likely N-dealkylation sites (tertiary alicyclic amines) is 1. The summed E-state index contributed by atoms with van der Waals surface area (Å²) >= 11 is 6.16. The van der Waals surface area contributed by atoms with Gasteiger partial charge in [-0.1, -0.05) is 36.2 Å². The van der Waals surface area contributed by atoms with Crippen molar-refractivity contribution in [2.75, 3.05) is 13.1 Å². The van der Waals surface area contributed by atoms with E-state index in [2.05, 4.69) is 5.32 Å². The first-order valence-corrected chi connectivity index (χ1v) is 10.7. The highest BCUT2D eigenvalue weighted by atomic mass is 35.5. The van der Waals surface area contributed by atoms with Crippen molar-refractivity contribution in [2.24, 2.45) is 5.73 Å². The Morgan fingerprint density at radius 1 is 1.17 bits per heavy atom. The summed E-state index contributed by atoms with van der Waals surface area (Å²) in [5, 5.41) is 22.6. The first-order valence-electron chi connectivity index (χ1n) is 10.3. The largest absolute Gasteiger partial charge is 0.480 e. The van der Waals surface area contributed by atoms with E-state index < -0.39 is 30.1 Å². The van der Waals surface area contributed by atoms with Crippen molar-refractivity contribution < 1.29 is 24.6 Å². The Morgan fingerprint density at radius 3 is 2.53 bits per heavy atom. The number of aryl methyl sites for hydroxylation is 1. The van der Waals surface area contributed by atoms with Crippen LogP contribution in [0.4, 0.5) is 0 Å². The lowest BCUT2D eigenvalue weighted by Gasteiger charge is -2.29. The van der Waals surface area contributed by atoms with Gasteiger partial charge in [-0.2, -0.15) is 0 Å². The zero-order valence-corrected chi connectivity index (χ0v) is 17.7. The lowest BCUT2D eigenvalue weighted by Crippen LogP contribution is -2.54. The van der Waals surface area contributed by atoms with Crippen LogP contribution >= 0.6 is 11.6 Å². The molecule has 2 rings (SSSR count). The summed E-state index contributed by atoms with van der Waals surface area (Å²) in [6.45, 7) is 0.833. The molecule has 1 unspecified atom stereocenters. The lowest BCUT2D eigenvalue weighted by atomic mass is 10.0. The van der Waals surface area contributed by atoms with Gasteiger partial charge >= 0.3 is 11.9 Å². The molecule has 1 heterocycles. The van der Waals surface area contributed by atoms with E-state index in [0.29, 0.717) is 56.6 Å². The molecular weight excluding hydrogens is 410 g/mol. The molecule has 9 heteroatoms. The fourth-order valence-corrected chi connectivity index (χ4v) is 4.01. The Kier molecular flexibility index (Phi) is 9.55. The number of unbranched alkanes of at least 4 members (excludes halogenated alkanes) is 1. The summed E-state index contributed by atoms with van der Waals surface area (Å²) in [6, 6.07) is 4.64. The Bertz CT molecular complexity index is 745. The second-order valence-corrected chi connectivity index (χ2v) is 7.96. The Labute approximate surface area is 181 Å². The summed E-state index contributed by atoms with van der Waals surface area (Å²) < 4.78 is 0. The van der Waals surface area contributed by atoms with Gasteiger partial charge in [-0.05, 0) is 56.7 Å². The second kappa shape index (κ2) is 11.9. The molecule has 5 N–H and O–H groups in total. The van der Waals surface area contributed by atoms with Crippen molar-refractivity contribution in [2.45, 2.75) is 63.1 Å². The van der Waals surface area contributed by atoms with Crippen LogP contribution in [-0.4, -0.2) is 64.2 Å². The molecular formula is C21H30ClN3O5. The molecule has 1 aliphatic rings. The van der Waals surface area contributed by atoms with Gasteiger partial charge in [-0.3, -0.25) is 14.9 Å². The number of carboxylic acids is 2. The molecule has 1 aromatic carbocycles. The number of carbonyl (C=O) groups excluding carboxylic acids is 1. The number of nitrogens with two attached hydrogens (primary N) is 1. The highest BCUT2D eigenvalue weighted by Crippen LogP contribution is 2.21. The highest BCUT2D eigenvalue weighted by molar-refractivity contribution is 6.31. The monoisotopic (exact) mass is 439 g/mol. The lowest BCUT2D eigenvalue weighted by molar-refractivity contribution is -0.149. The van der Waals surface area contributed by atoms with Gasteiger partial charge in [-0.25, -0.2) is 4.79 Å². The van der Waals surface area contributed by atoms with Crippen LogP contribution in [-0.2, 0) is 20.8 Å². The van der Waals surface area contributed by atoms with Crippen molar-refractivity contribution in [1.82, 2.24) is 10.2 Å². The molecule has 0 aliphatic carbocycles. The number of aliphatic carboxylic acids is 2. The summed E-state index contributed by atoms with van der Waals surface area (Å²) in [5.74, 6) is -2.45. The molecule has 1 aliphatic heterocycles. The van der Waals surface area contributed by atoms with Crippen molar-refractivity contribution in [1.29, 1.82) is 0 Å². The van der Waals surface area contributed by atoms with Crippen LogP contribution < -0.4 is 11.1 Å². The molecule has 0 saturated carbocycles. The van der Waals surface area contributed by atoms with Gasteiger partial charge in [0.1, 0.15) is 12.1 Å². The number of rotatable bonds is 12. The smallest absolute Gasteiger partial charge is 0.326 e. The standard InChI is InChI=1S/C21H30ClN3O5/c22-15-7-2-1-6-14(15)10-11-17(20(27)28)24-16(8-3-4-12-23)19(26)25-13-5-9-18(25)21(29)30/h1-2,6-7,16-18,24H,3-5,8-13,23H2,(H,27,28)(H,29,30)/t16-,17?,18-/m0/s1. The average Bonchev–Trinajstić information content (AvgIpc) is 3.20. The molecule has 3 atom stereocenters. The van der Waals surface area contributed by atoms with Gasteiger partial charge in [0.15, 0.2) is 0 Å². The fourth-order valence-electron chi connectivity index (χ4n) is 3.78. The van der Waals surface area contributed by atoms with Gasteiger partial charge in [0.25, 0.3) is 0 Å². The number of hydrogen-bond donors (Lipinski definition) is 4. The quantitative estimate of drug-likeness (QED) is 0.365. The molecule has 166 valence electrons. The van der Waals surface area contributed by atoms with E-state index in [1.807, 2.05) is 12.1 Å². The Morgan fingerprint density at radius 2 is 1.90 bits per heavy atom. The molecule has 30 heavy (non-hydrogen) atoms. The number of halogens is 1.